The minimum atomic E-state index is 0.447. The number of aromatic nitrogens is 3. The minimum Gasteiger partial charge on any atom is -0.250 e. The van der Waals surface area contributed by atoms with E-state index in [2.05, 4.69) is 30.9 Å². The maximum absolute atomic E-state index is 4.04. The lowest BCUT2D eigenvalue weighted by Gasteiger charge is -2.14. The highest BCUT2D eigenvalue weighted by Crippen LogP contribution is 2.13. The number of nitrogens with zero attached hydrogens (tertiary/aromatic N) is 3. The molecule has 3 nitrogen and oxygen atoms in total. The zero-order chi connectivity index (χ0) is 7.56. The predicted octanol–water partition coefficient (Wildman–Crippen LogP) is 1.50. The molecular formula is C7H13N3. The molecule has 0 saturated carbocycles. The van der Waals surface area contributed by atoms with Crippen LogP contribution in [0, 0.1) is 5.92 Å². The van der Waals surface area contributed by atoms with Crippen LogP contribution in [0.5, 0.6) is 0 Å². The van der Waals surface area contributed by atoms with E-state index in [1.165, 1.54) is 0 Å². The Morgan fingerprint density at radius 1 is 1.30 bits per heavy atom. The van der Waals surface area contributed by atoms with Crippen LogP contribution >= 0.6 is 0 Å². The van der Waals surface area contributed by atoms with E-state index in [4.69, 9.17) is 0 Å². The smallest absolute Gasteiger partial charge is 0.137 e. The molecule has 0 saturated heterocycles. The summed E-state index contributed by atoms with van der Waals surface area (Å²) in [6.07, 6.45) is 3.32. The topological polar surface area (TPSA) is 30.7 Å². The maximum Gasteiger partial charge on any atom is 0.137 e. The molecule has 0 fully saturated rings. The highest BCUT2D eigenvalue weighted by molar-refractivity contribution is 4.66. The molecule has 1 atom stereocenters. The van der Waals surface area contributed by atoms with E-state index in [-0.39, 0.29) is 0 Å². The fraction of sp³-hybridized carbons (Fsp3) is 0.714. The Hall–Kier alpha value is -0.860. The van der Waals surface area contributed by atoms with Gasteiger partial charge in [-0.3, -0.25) is 0 Å². The molecule has 0 aliphatic carbocycles. The van der Waals surface area contributed by atoms with Crippen LogP contribution in [-0.4, -0.2) is 14.8 Å². The van der Waals surface area contributed by atoms with Crippen LogP contribution in [0.25, 0.3) is 0 Å². The molecule has 1 aromatic heterocycles. The Labute approximate surface area is 61.1 Å². The van der Waals surface area contributed by atoms with E-state index in [1.54, 1.807) is 12.7 Å². The van der Waals surface area contributed by atoms with Crippen LogP contribution in [-0.2, 0) is 0 Å². The Morgan fingerprint density at radius 2 is 2.00 bits per heavy atom. The van der Waals surface area contributed by atoms with Gasteiger partial charge in [-0.1, -0.05) is 13.8 Å². The van der Waals surface area contributed by atoms with E-state index >= 15 is 0 Å². The van der Waals surface area contributed by atoms with Crippen molar-refractivity contribution in [3.63, 3.8) is 0 Å². The van der Waals surface area contributed by atoms with Gasteiger partial charge in [0.2, 0.25) is 0 Å². The van der Waals surface area contributed by atoms with Crippen molar-refractivity contribution >= 4 is 0 Å². The molecule has 0 bridgehead atoms. The first-order valence-corrected chi connectivity index (χ1v) is 3.56. The molecule has 56 valence electrons. The lowest BCUT2D eigenvalue weighted by molar-refractivity contribution is 0.374. The van der Waals surface area contributed by atoms with Gasteiger partial charge in [-0.2, -0.15) is 5.10 Å². The SMILES string of the molecule is CC(C)C(C)n1cncn1. The molecule has 0 spiro atoms. The van der Waals surface area contributed by atoms with Crippen LogP contribution < -0.4 is 0 Å². The average molecular weight is 139 g/mol. The third kappa shape index (κ3) is 1.35. The van der Waals surface area contributed by atoms with Crippen molar-refractivity contribution in [2.45, 2.75) is 26.8 Å². The first-order chi connectivity index (χ1) is 4.72. The molecule has 1 rings (SSSR count). The van der Waals surface area contributed by atoms with Gasteiger partial charge in [-0.25, -0.2) is 9.67 Å². The fourth-order valence-electron chi connectivity index (χ4n) is 0.733. The molecule has 1 heterocycles. The molecule has 10 heavy (non-hydrogen) atoms. The van der Waals surface area contributed by atoms with Gasteiger partial charge in [-0.15, -0.1) is 0 Å². The fourth-order valence-corrected chi connectivity index (χ4v) is 0.733. The van der Waals surface area contributed by atoms with Gasteiger partial charge in [0, 0.05) is 0 Å². The monoisotopic (exact) mass is 139 g/mol. The van der Waals surface area contributed by atoms with Gasteiger partial charge in [-0.05, 0) is 12.8 Å². The summed E-state index contributed by atoms with van der Waals surface area (Å²) in [6.45, 7) is 6.48. The van der Waals surface area contributed by atoms with Gasteiger partial charge >= 0.3 is 0 Å². The second-order valence-electron chi connectivity index (χ2n) is 2.86. The summed E-state index contributed by atoms with van der Waals surface area (Å²) >= 11 is 0. The number of rotatable bonds is 2. The average Bonchev–Trinajstić information content (AvgIpc) is 2.36. The van der Waals surface area contributed by atoms with Gasteiger partial charge in [0.05, 0.1) is 6.04 Å². The van der Waals surface area contributed by atoms with E-state index < -0.39 is 0 Å². The Bertz CT molecular complexity index is 179. The highest BCUT2D eigenvalue weighted by atomic mass is 15.3. The van der Waals surface area contributed by atoms with E-state index in [0.717, 1.165) is 0 Å². The molecular weight excluding hydrogens is 126 g/mol. The molecule has 1 unspecified atom stereocenters. The molecule has 0 aliphatic heterocycles. The van der Waals surface area contributed by atoms with Crippen LogP contribution in [0.3, 0.4) is 0 Å². The first kappa shape index (κ1) is 7.25. The zero-order valence-electron chi connectivity index (χ0n) is 6.65. The molecule has 0 amide bonds. The van der Waals surface area contributed by atoms with Crippen LogP contribution in [0.1, 0.15) is 26.8 Å². The molecule has 3 heteroatoms. The Morgan fingerprint density at radius 3 is 2.40 bits per heavy atom. The minimum absolute atomic E-state index is 0.447. The van der Waals surface area contributed by atoms with Crippen molar-refractivity contribution in [2.75, 3.05) is 0 Å². The summed E-state index contributed by atoms with van der Waals surface area (Å²) < 4.78 is 1.88. The number of hydrogen-bond acceptors (Lipinski definition) is 2. The summed E-state index contributed by atoms with van der Waals surface area (Å²) in [5.41, 5.74) is 0. The van der Waals surface area contributed by atoms with E-state index in [1.807, 2.05) is 4.68 Å². The number of hydrogen-bond donors (Lipinski definition) is 0. The standard InChI is InChI=1S/C7H13N3/c1-6(2)7(3)10-5-8-4-9-10/h4-7H,1-3H3. The van der Waals surface area contributed by atoms with Gasteiger partial charge in [0.15, 0.2) is 0 Å². The lowest BCUT2D eigenvalue weighted by Crippen LogP contribution is -2.11. The van der Waals surface area contributed by atoms with Crippen LogP contribution in [0.4, 0.5) is 0 Å². The Kier molecular flexibility index (Phi) is 2.04. The third-order valence-electron chi connectivity index (χ3n) is 1.82. The van der Waals surface area contributed by atoms with Crippen molar-refractivity contribution in [1.82, 2.24) is 14.8 Å². The summed E-state index contributed by atoms with van der Waals surface area (Å²) in [6, 6.07) is 0.447. The lowest BCUT2D eigenvalue weighted by atomic mass is 10.1. The van der Waals surface area contributed by atoms with E-state index in [0.29, 0.717) is 12.0 Å². The van der Waals surface area contributed by atoms with Crippen molar-refractivity contribution in [3.8, 4) is 0 Å². The van der Waals surface area contributed by atoms with Gasteiger partial charge in [0.25, 0.3) is 0 Å². The molecule has 0 N–H and O–H groups in total. The predicted molar refractivity (Wildman–Crippen MR) is 39.6 cm³/mol. The first-order valence-electron chi connectivity index (χ1n) is 3.56. The van der Waals surface area contributed by atoms with Crippen molar-refractivity contribution < 1.29 is 0 Å². The quantitative estimate of drug-likeness (QED) is 0.621. The molecule has 0 aliphatic rings. The van der Waals surface area contributed by atoms with Crippen molar-refractivity contribution in [2.24, 2.45) is 5.92 Å². The maximum atomic E-state index is 4.04. The second-order valence-corrected chi connectivity index (χ2v) is 2.86. The second kappa shape index (κ2) is 2.82. The largest absolute Gasteiger partial charge is 0.250 e. The Balaban J connectivity index is 2.68. The van der Waals surface area contributed by atoms with Crippen molar-refractivity contribution in [1.29, 1.82) is 0 Å². The molecule has 1 aromatic rings. The molecule has 0 aromatic carbocycles. The van der Waals surface area contributed by atoms with Crippen LogP contribution in [0.15, 0.2) is 12.7 Å². The summed E-state index contributed by atoms with van der Waals surface area (Å²) in [7, 11) is 0. The normalized spacial score (nSPS) is 14.0. The van der Waals surface area contributed by atoms with Gasteiger partial charge < -0.3 is 0 Å². The van der Waals surface area contributed by atoms with E-state index in [9.17, 15) is 0 Å². The molecule has 0 radical (unpaired) electrons. The third-order valence-corrected chi connectivity index (χ3v) is 1.82. The summed E-state index contributed by atoms with van der Waals surface area (Å²) in [5.74, 6) is 0.613. The van der Waals surface area contributed by atoms with Crippen molar-refractivity contribution in [3.05, 3.63) is 12.7 Å². The summed E-state index contributed by atoms with van der Waals surface area (Å²) in [5, 5.41) is 4.04. The zero-order valence-corrected chi connectivity index (χ0v) is 6.65. The summed E-state index contributed by atoms with van der Waals surface area (Å²) in [4.78, 5) is 3.88. The van der Waals surface area contributed by atoms with Gasteiger partial charge in [0.1, 0.15) is 12.7 Å². The highest BCUT2D eigenvalue weighted by Gasteiger charge is 2.08. The van der Waals surface area contributed by atoms with Crippen LogP contribution in [0.2, 0.25) is 0 Å².